The maximum absolute atomic E-state index is 5.49. The van der Waals surface area contributed by atoms with Gasteiger partial charge in [-0.2, -0.15) is 0 Å². The van der Waals surface area contributed by atoms with Crippen molar-refractivity contribution < 1.29 is 9.47 Å². The lowest BCUT2D eigenvalue weighted by Crippen LogP contribution is -1.96. The van der Waals surface area contributed by atoms with Gasteiger partial charge in [0.2, 0.25) is 0 Å². The van der Waals surface area contributed by atoms with E-state index in [2.05, 4.69) is 24.3 Å². The van der Waals surface area contributed by atoms with E-state index in [4.69, 9.17) is 9.47 Å². The fourth-order valence-electron chi connectivity index (χ4n) is 2.72. The molecule has 0 radical (unpaired) electrons. The van der Waals surface area contributed by atoms with Crippen LogP contribution in [-0.2, 0) is 12.8 Å². The topological polar surface area (TPSA) is 18.5 Å². The minimum absolute atomic E-state index is 0.917. The zero-order valence-electron chi connectivity index (χ0n) is 10.7. The van der Waals surface area contributed by atoms with Gasteiger partial charge in [-0.1, -0.05) is 24.3 Å². The van der Waals surface area contributed by atoms with E-state index in [-0.39, 0.29) is 0 Å². The molecule has 0 spiro atoms. The monoisotopic (exact) mass is 240 g/mol. The van der Waals surface area contributed by atoms with E-state index in [0.717, 1.165) is 24.3 Å². The highest BCUT2D eigenvalue weighted by atomic mass is 16.5. The summed E-state index contributed by atoms with van der Waals surface area (Å²) in [6.07, 6.45) is 6.24. The number of methoxy groups -OCH3 is 2. The highest BCUT2D eigenvalue weighted by molar-refractivity contribution is 5.93. The maximum Gasteiger partial charge on any atom is 0.123 e. The van der Waals surface area contributed by atoms with Crippen molar-refractivity contribution in [2.45, 2.75) is 12.8 Å². The van der Waals surface area contributed by atoms with Crippen LogP contribution in [0.4, 0.5) is 0 Å². The lowest BCUT2D eigenvalue weighted by Gasteiger charge is -2.14. The van der Waals surface area contributed by atoms with E-state index >= 15 is 0 Å². The fraction of sp³-hybridized carbons (Fsp3) is 0.250. The van der Waals surface area contributed by atoms with Crippen LogP contribution in [-0.4, -0.2) is 14.2 Å². The molecule has 2 aromatic carbocycles. The summed E-state index contributed by atoms with van der Waals surface area (Å²) in [7, 11) is 3.46. The Bertz CT molecular complexity index is 576. The summed E-state index contributed by atoms with van der Waals surface area (Å²) in [5, 5.41) is 2.55. The third-order valence-corrected chi connectivity index (χ3v) is 3.57. The van der Waals surface area contributed by atoms with Gasteiger partial charge in [0.05, 0.1) is 14.2 Å². The molecule has 2 heteroatoms. The van der Waals surface area contributed by atoms with Crippen LogP contribution in [0.5, 0.6) is 11.5 Å². The summed E-state index contributed by atoms with van der Waals surface area (Å²) in [6, 6.07) is 8.33. The SMILES string of the molecule is COc1ccc2ccc(OC)c3c2c1CC=CC3. The molecule has 0 aromatic heterocycles. The third-order valence-electron chi connectivity index (χ3n) is 3.57. The molecule has 0 unspecified atom stereocenters. The Morgan fingerprint density at radius 3 is 1.72 bits per heavy atom. The Balaban J connectivity index is 2.42. The molecule has 18 heavy (non-hydrogen) atoms. The first-order valence-electron chi connectivity index (χ1n) is 6.15. The van der Waals surface area contributed by atoms with Gasteiger partial charge in [-0.25, -0.2) is 0 Å². The number of hydrogen-bond donors (Lipinski definition) is 0. The van der Waals surface area contributed by atoms with E-state index in [0.29, 0.717) is 0 Å². The van der Waals surface area contributed by atoms with E-state index in [1.54, 1.807) is 14.2 Å². The molecule has 1 aliphatic rings. The first-order chi connectivity index (χ1) is 8.85. The van der Waals surface area contributed by atoms with Gasteiger partial charge in [0.15, 0.2) is 0 Å². The van der Waals surface area contributed by atoms with Crippen LogP contribution >= 0.6 is 0 Å². The van der Waals surface area contributed by atoms with Crippen LogP contribution in [0.1, 0.15) is 11.1 Å². The summed E-state index contributed by atoms with van der Waals surface area (Å²) in [4.78, 5) is 0. The van der Waals surface area contributed by atoms with Crippen molar-refractivity contribution in [2.24, 2.45) is 0 Å². The van der Waals surface area contributed by atoms with Crippen molar-refractivity contribution in [1.82, 2.24) is 0 Å². The molecule has 0 saturated heterocycles. The second kappa shape index (κ2) is 4.37. The molecule has 1 aliphatic carbocycles. The lowest BCUT2D eigenvalue weighted by molar-refractivity contribution is 0.409. The van der Waals surface area contributed by atoms with Crippen molar-refractivity contribution in [3.05, 3.63) is 47.5 Å². The summed E-state index contributed by atoms with van der Waals surface area (Å²) in [5.74, 6) is 1.92. The minimum Gasteiger partial charge on any atom is -0.496 e. The number of allylic oxidation sites excluding steroid dienone is 2. The van der Waals surface area contributed by atoms with Gasteiger partial charge in [0, 0.05) is 11.1 Å². The van der Waals surface area contributed by atoms with Gasteiger partial charge in [0.1, 0.15) is 11.5 Å². The predicted molar refractivity (Wildman–Crippen MR) is 73.6 cm³/mol. The Labute approximate surface area is 107 Å². The van der Waals surface area contributed by atoms with Crippen molar-refractivity contribution in [3.8, 4) is 11.5 Å². The smallest absolute Gasteiger partial charge is 0.123 e. The predicted octanol–water partition coefficient (Wildman–Crippen LogP) is 3.51. The largest absolute Gasteiger partial charge is 0.496 e. The molecule has 2 nitrogen and oxygen atoms in total. The van der Waals surface area contributed by atoms with Crippen LogP contribution in [0.2, 0.25) is 0 Å². The molecule has 0 bridgehead atoms. The molecule has 0 atom stereocenters. The fourth-order valence-corrected chi connectivity index (χ4v) is 2.72. The molecule has 92 valence electrons. The Hall–Kier alpha value is -1.96. The highest BCUT2D eigenvalue weighted by Crippen LogP contribution is 2.37. The third kappa shape index (κ3) is 1.57. The zero-order chi connectivity index (χ0) is 12.5. The summed E-state index contributed by atoms with van der Waals surface area (Å²) in [6.45, 7) is 0. The van der Waals surface area contributed by atoms with Crippen LogP contribution in [0.25, 0.3) is 10.8 Å². The minimum atomic E-state index is 0.917. The molecule has 2 aromatic rings. The standard InChI is InChI=1S/C16H16O2/c1-17-14-9-7-11-8-10-15(18-2)13-6-4-3-5-12(14)16(11)13/h3-4,7-10H,5-6H2,1-2H3. The van der Waals surface area contributed by atoms with Gasteiger partial charge in [0.25, 0.3) is 0 Å². The molecule has 0 aliphatic heterocycles. The van der Waals surface area contributed by atoms with Gasteiger partial charge >= 0.3 is 0 Å². The zero-order valence-corrected chi connectivity index (χ0v) is 10.7. The molecular formula is C16H16O2. The average Bonchev–Trinajstić information content (AvgIpc) is 2.64. The van der Waals surface area contributed by atoms with Gasteiger partial charge in [-0.15, -0.1) is 0 Å². The molecule has 0 N–H and O–H groups in total. The number of hydrogen-bond acceptors (Lipinski definition) is 2. The van der Waals surface area contributed by atoms with Gasteiger partial charge < -0.3 is 9.47 Å². The molecular weight excluding hydrogens is 224 g/mol. The summed E-state index contributed by atoms with van der Waals surface area (Å²) in [5.41, 5.74) is 2.52. The van der Waals surface area contributed by atoms with Gasteiger partial charge in [-0.05, 0) is 35.7 Å². The Kier molecular flexibility index (Phi) is 2.71. The first-order valence-corrected chi connectivity index (χ1v) is 6.15. The second-order valence-corrected chi connectivity index (χ2v) is 4.47. The van der Waals surface area contributed by atoms with Crippen molar-refractivity contribution in [1.29, 1.82) is 0 Å². The van der Waals surface area contributed by atoms with E-state index in [9.17, 15) is 0 Å². The van der Waals surface area contributed by atoms with Crippen molar-refractivity contribution in [2.75, 3.05) is 14.2 Å². The molecule has 3 rings (SSSR count). The molecule has 0 saturated carbocycles. The highest BCUT2D eigenvalue weighted by Gasteiger charge is 2.15. The number of benzene rings is 2. The Morgan fingerprint density at radius 2 is 1.28 bits per heavy atom. The van der Waals surface area contributed by atoms with E-state index in [1.807, 2.05) is 12.1 Å². The molecule has 0 amide bonds. The van der Waals surface area contributed by atoms with Crippen LogP contribution in [0, 0.1) is 0 Å². The average molecular weight is 240 g/mol. The summed E-state index contributed by atoms with van der Waals surface area (Å²) < 4.78 is 11.0. The van der Waals surface area contributed by atoms with Crippen molar-refractivity contribution in [3.63, 3.8) is 0 Å². The number of ether oxygens (including phenoxy) is 2. The molecule has 0 fully saturated rings. The molecule has 0 heterocycles. The van der Waals surface area contributed by atoms with Crippen LogP contribution < -0.4 is 9.47 Å². The van der Waals surface area contributed by atoms with Gasteiger partial charge in [-0.3, -0.25) is 0 Å². The maximum atomic E-state index is 5.49. The quantitative estimate of drug-likeness (QED) is 0.748. The normalized spacial score (nSPS) is 13.4. The first kappa shape index (κ1) is 11.1. The lowest BCUT2D eigenvalue weighted by atomic mass is 9.96. The second-order valence-electron chi connectivity index (χ2n) is 4.47. The van der Waals surface area contributed by atoms with Crippen LogP contribution in [0.15, 0.2) is 36.4 Å². The van der Waals surface area contributed by atoms with Crippen molar-refractivity contribution >= 4 is 10.8 Å². The van der Waals surface area contributed by atoms with Crippen LogP contribution in [0.3, 0.4) is 0 Å². The summed E-state index contributed by atoms with van der Waals surface area (Å²) >= 11 is 0. The van der Waals surface area contributed by atoms with E-state index < -0.39 is 0 Å². The van der Waals surface area contributed by atoms with E-state index in [1.165, 1.54) is 21.9 Å². The number of rotatable bonds is 2. The Morgan fingerprint density at radius 1 is 0.778 bits per heavy atom.